The molecule has 0 saturated carbocycles. The minimum absolute atomic E-state index is 0.0256. The highest BCUT2D eigenvalue weighted by Gasteiger charge is 2.62. The molecule has 1 aliphatic heterocycles. The molecular formula is C16H20ClN3O10. The first-order valence-electron chi connectivity index (χ1n) is 8.68. The lowest BCUT2D eigenvalue weighted by molar-refractivity contribution is -0.298. The summed E-state index contributed by atoms with van der Waals surface area (Å²) in [6.45, 7) is 4.36. The van der Waals surface area contributed by atoms with Gasteiger partial charge in [0, 0.05) is 20.8 Å². The van der Waals surface area contributed by atoms with Gasteiger partial charge in [-0.25, -0.2) is 4.79 Å². The van der Waals surface area contributed by atoms with Crippen molar-refractivity contribution in [2.24, 2.45) is 0 Å². The van der Waals surface area contributed by atoms with Crippen LogP contribution in [0, 0.1) is 0 Å². The Labute approximate surface area is 175 Å². The Hall–Kier alpha value is -2.77. The molecule has 1 aromatic heterocycles. The standard InChI is InChI=1S/C16H20ClN3O10/c1-5-26-15(24)11-14(17)20(19-18-11)16(25)13(29-9(4)23)12(28-8(3)22)10(30-16)6-27-7(2)21/h10,12-13,25H,5-6H2,1-4H3/t10-,12-,13-,16+/m1/s1. The lowest BCUT2D eigenvalue weighted by atomic mass is 10.1. The molecule has 13 nitrogen and oxygen atoms in total. The number of carbonyl (C=O) groups is 4. The fourth-order valence-electron chi connectivity index (χ4n) is 2.72. The predicted molar refractivity (Wildman–Crippen MR) is 93.8 cm³/mol. The van der Waals surface area contributed by atoms with Gasteiger partial charge < -0.3 is 28.8 Å². The molecule has 0 bridgehead atoms. The molecule has 1 aliphatic rings. The van der Waals surface area contributed by atoms with Crippen molar-refractivity contribution in [1.29, 1.82) is 0 Å². The van der Waals surface area contributed by atoms with Crippen molar-refractivity contribution in [2.75, 3.05) is 13.2 Å². The van der Waals surface area contributed by atoms with Gasteiger partial charge in [0.2, 0.25) is 11.8 Å². The van der Waals surface area contributed by atoms with Crippen LogP contribution in [0.25, 0.3) is 0 Å². The van der Waals surface area contributed by atoms with Crippen LogP contribution in [0.15, 0.2) is 0 Å². The summed E-state index contributed by atoms with van der Waals surface area (Å²) in [6.07, 6.45) is -4.39. The zero-order valence-electron chi connectivity index (χ0n) is 16.5. The van der Waals surface area contributed by atoms with E-state index in [-0.39, 0.29) is 6.61 Å². The van der Waals surface area contributed by atoms with Crippen LogP contribution in [0.5, 0.6) is 0 Å². The van der Waals surface area contributed by atoms with E-state index in [9.17, 15) is 24.3 Å². The van der Waals surface area contributed by atoms with Gasteiger partial charge in [-0.1, -0.05) is 16.8 Å². The fraction of sp³-hybridized carbons (Fsp3) is 0.625. The monoisotopic (exact) mass is 449 g/mol. The van der Waals surface area contributed by atoms with E-state index in [0.29, 0.717) is 4.68 Å². The molecular weight excluding hydrogens is 430 g/mol. The number of aliphatic hydroxyl groups is 1. The summed E-state index contributed by atoms with van der Waals surface area (Å²) in [6, 6.07) is 0. The highest BCUT2D eigenvalue weighted by Crippen LogP contribution is 2.39. The summed E-state index contributed by atoms with van der Waals surface area (Å²) in [7, 11) is 0. The van der Waals surface area contributed by atoms with Crippen molar-refractivity contribution in [3.63, 3.8) is 0 Å². The first-order valence-corrected chi connectivity index (χ1v) is 9.05. The number of halogens is 1. The molecule has 4 atom stereocenters. The van der Waals surface area contributed by atoms with Gasteiger partial charge in [-0.05, 0) is 6.92 Å². The minimum atomic E-state index is -2.66. The lowest BCUT2D eigenvalue weighted by Gasteiger charge is -2.29. The minimum Gasteiger partial charge on any atom is -0.463 e. The van der Waals surface area contributed by atoms with Gasteiger partial charge in [0.25, 0.3) is 0 Å². The number of esters is 4. The fourth-order valence-corrected chi connectivity index (χ4v) is 2.99. The Kier molecular flexibility index (Phi) is 7.34. The molecule has 1 fully saturated rings. The van der Waals surface area contributed by atoms with E-state index in [0.717, 1.165) is 20.8 Å². The van der Waals surface area contributed by atoms with Crippen LogP contribution < -0.4 is 0 Å². The van der Waals surface area contributed by atoms with E-state index in [1.54, 1.807) is 6.92 Å². The Bertz CT molecular complexity index is 843. The molecule has 2 rings (SSSR count). The van der Waals surface area contributed by atoms with Crippen LogP contribution in [0.1, 0.15) is 38.2 Å². The van der Waals surface area contributed by atoms with Crippen LogP contribution in [-0.4, -0.2) is 75.5 Å². The normalized spacial score (nSPS) is 25.5. The molecule has 0 amide bonds. The summed E-state index contributed by atoms with van der Waals surface area (Å²) in [5, 5.41) is 17.8. The molecule has 1 aromatic rings. The third kappa shape index (κ3) is 4.86. The Balaban J connectivity index is 2.50. The maximum atomic E-state index is 12.0. The molecule has 0 aromatic carbocycles. The summed E-state index contributed by atoms with van der Waals surface area (Å²) in [5.74, 6) is -5.93. The van der Waals surface area contributed by atoms with E-state index in [1.807, 2.05) is 0 Å². The average molecular weight is 450 g/mol. The summed E-state index contributed by atoms with van der Waals surface area (Å²) in [5.41, 5.74) is -0.440. The Morgan fingerprint density at radius 3 is 2.30 bits per heavy atom. The quantitative estimate of drug-likeness (QED) is 0.420. The second kappa shape index (κ2) is 9.36. The van der Waals surface area contributed by atoms with Crippen molar-refractivity contribution in [3.8, 4) is 0 Å². The largest absolute Gasteiger partial charge is 0.463 e. The van der Waals surface area contributed by atoms with Gasteiger partial charge in [0.1, 0.15) is 12.7 Å². The summed E-state index contributed by atoms with van der Waals surface area (Å²) >= 11 is 6.12. The SMILES string of the molecule is CCOC(=O)c1nnn([C@@]2(O)O[C@H](COC(C)=O)[C@@H](OC(C)=O)[C@H]2OC(C)=O)c1Cl. The van der Waals surface area contributed by atoms with Crippen LogP contribution in [0.3, 0.4) is 0 Å². The van der Waals surface area contributed by atoms with Gasteiger partial charge in [-0.15, -0.1) is 5.10 Å². The number of hydrogen-bond acceptors (Lipinski definition) is 12. The van der Waals surface area contributed by atoms with Crippen molar-refractivity contribution >= 4 is 35.5 Å². The molecule has 166 valence electrons. The highest BCUT2D eigenvalue weighted by molar-refractivity contribution is 6.32. The van der Waals surface area contributed by atoms with Crippen molar-refractivity contribution in [1.82, 2.24) is 15.0 Å². The van der Waals surface area contributed by atoms with Crippen LogP contribution in [-0.2, 0) is 44.0 Å². The van der Waals surface area contributed by atoms with Gasteiger partial charge in [0.15, 0.2) is 11.3 Å². The Morgan fingerprint density at radius 1 is 1.13 bits per heavy atom. The lowest BCUT2D eigenvalue weighted by Crippen LogP contribution is -2.49. The second-order valence-electron chi connectivity index (χ2n) is 6.08. The number of carbonyl (C=O) groups excluding carboxylic acids is 4. The average Bonchev–Trinajstić information content (AvgIpc) is 3.13. The van der Waals surface area contributed by atoms with E-state index in [4.69, 9.17) is 35.3 Å². The first kappa shape index (κ1) is 23.5. The number of nitrogens with zero attached hydrogens (tertiary/aromatic N) is 3. The van der Waals surface area contributed by atoms with E-state index in [1.165, 1.54) is 0 Å². The summed E-state index contributed by atoms with van der Waals surface area (Å²) in [4.78, 5) is 46.3. The highest BCUT2D eigenvalue weighted by atomic mass is 35.5. The van der Waals surface area contributed by atoms with E-state index >= 15 is 0 Å². The van der Waals surface area contributed by atoms with Gasteiger partial charge in [0.05, 0.1) is 6.61 Å². The number of hydrogen-bond donors (Lipinski definition) is 1. The third-order valence-electron chi connectivity index (χ3n) is 3.79. The molecule has 0 aliphatic carbocycles. The first-order chi connectivity index (χ1) is 14.0. The van der Waals surface area contributed by atoms with Crippen LogP contribution in [0.4, 0.5) is 0 Å². The molecule has 0 unspecified atom stereocenters. The third-order valence-corrected chi connectivity index (χ3v) is 4.13. The maximum Gasteiger partial charge on any atom is 0.362 e. The topological polar surface area (TPSA) is 165 Å². The smallest absolute Gasteiger partial charge is 0.362 e. The Morgan fingerprint density at radius 2 is 1.77 bits per heavy atom. The van der Waals surface area contributed by atoms with Crippen molar-refractivity contribution in [2.45, 2.75) is 51.9 Å². The maximum absolute atomic E-state index is 12.0. The van der Waals surface area contributed by atoms with Crippen molar-refractivity contribution < 1.29 is 48.0 Å². The number of ether oxygens (including phenoxy) is 5. The van der Waals surface area contributed by atoms with Crippen molar-refractivity contribution in [3.05, 3.63) is 10.8 Å². The van der Waals surface area contributed by atoms with Crippen LogP contribution in [0.2, 0.25) is 5.15 Å². The van der Waals surface area contributed by atoms with Gasteiger partial charge >= 0.3 is 29.8 Å². The molecule has 1 saturated heterocycles. The number of rotatable bonds is 7. The zero-order valence-corrected chi connectivity index (χ0v) is 17.2. The van der Waals surface area contributed by atoms with Gasteiger partial charge in [-0.2, -0.15) is 4.68 Å². The second-order valence-corrected chi connectivity index (χ2v) is 6.44. The molecule has 14 heteroatoms. The van der Waals surface area contributed by atoms with E-state index < -0.39 is 65.6 Å². The molecule has 0 spiro atoms. The number of aromatic nitrogens is 3. The summed E-state index contributed by atoms with van der Waals surface area (Å²) < 4.78 is 26.0. The molecule has 30 heavy (non-hydrogen) atoms. The van der Waals surface area contributed by atoms with E-state index in [2.05, 4.69) is 10.3 Å². The molecule has 1 N–H and O–H groups in total. The van der Waals surface area contributed by atoms with Crippen LogP contribution >= 0.6 is 11.6 Å². The predicted octanol–water partition coefficient (Wildman–Crippen LogP) is -0.464. The van der Waals surface area contributed by atoms with Gasteiger partial charge in [-0.3, -0.25) is 14.4 Å². The zero-order chi connectivity index (χ0) is 22.6. The molecule has 0 radical (unpaired) electrons. The molecule has 2 heterocycles.